The predicted molar refractivity (Wildman–Crippen MR) is 104 cm³/mol. The first-order valence-corrected chi connectivity index (χ1v) is 8.75. The Bertz CT molecular complexity index is 868. The third kappa shape index (κ3) is 3.68. The van der Waals surface area contributed by atoms with E-state index in [0.717, 1.165) is 5.56 Å². The van der Waals surface area contributed by atoms with Gasteiger partial charge in [-0.3, -0.25) is 4.79 Å². The van der Waals surface area contributed by atoms with Crippen molar-refractivity contribution < 1.29 is 14.3 Å². The summed E-state index contributed by atoms with van der Waals surface area (Å²) in [6.07, 6.45) is 1.68. The number of nitrogens with zero attached hydrogens (tertiary/aromatic N) is 1. The molecule has 1 N–H and O–H groups in total. The molecule has 0 aliphatic rings. The fraction of sp³-hybridized carbons (Fsp3) is 0.300. The molecular weight excluding hydrogens is 352 g/mol. The van der Waals surface area contributed by atoms with E-state index in [1.807, 2.05) is 6.92 Å². The summed E-state index contributed by atoms with van der Waals surface area (Å²) in [6.45, 7) is 11.5. The van der Waals surface area contributed by atoms with E-state index in [0.29, 0.717) is 39.8 Å². The van der Waals surface area contributed by atoms with Gasteiger partial charge in [0.15, 0.2) is 0 Å². The lowest BCUT2D eigenvalue weighted by Gasteiger charge is -2.10. The second-order valence-corrected chi connectivity index (χ2v) is 6.33. The quantitative estimate of drug-likeness (QED) is 0.589. The summed E-state index contributed by atoms with van der Waals surface area (Å²) in [5.41, 5.74) is 3.51. The van der Waals surface area contributed by atoms with Gasteiger partial charge in [-0.1, -0.05) is 23.7 Å². The highest BCUT2D eigenvalue weighted by molar-refractivity contribution is 6.31. The summed E-state index contributed by atoms with van der Waals surface area (Å²) >= 11 is 6.13. The van der Waals surface area contributed by atoms with Gasteiger partial charge in [-0.25, -0.2) is 4.79 Å². The molecule has 0 fully saturated rings. The molecule has 0 aliphatic heterocycles. The molecule has 0 unspecified atom stereocenters. The van der Waals surface area contributed by atoms with E-state index >= 15 is 0 Å². The van der Waals surface area contributed by atoms with Crippen LogP contribution in [0.25, 0.3) is 0 Å². The normalized spacial score (nSPS) is 10.5. The van der Waals surface area contributed by atoms with Crippen molar-refractivity contribution in [1.82, 2.24) is 4.57 Å². The van der Waals surface area contributed by atoms with E-state index < -0.39 is 5.97 Å². The Morgan fingerprint density at radius 2 is 1.96 bits per heavy atom. The highest BCUT2D eigenvalue weighted by atomic mass is 35.5. The number of anilines is 1. The number of hydrogen-bond donors (Lipinski definition) is 1. The summed E-state index contributed by atoms with van der Waals surface area (Å²) in [6, 6.07) is 5.33. The van der Waals surface area contributed by atoms with Crippen LogP contribution in [0, 0.1) is 20.8 Å². The Balaban J connectivity index is 2.50. The van der Waals surface area contributed by atoms with Crippen LogP contribution >= 0.6 is 11.6 Å². The zero-order chi connectivity index (χ0) is 19.4. The van der Waals surface area contributed by atoms with Crippen LogP contribution in [-0.4, -0.2) is 23.1 Å². The zero-order valence-electron chi connectivity index (χ0n) is 15.5. The van der Waals surface area contributed by atoms with Crippen molar-refractivity contribution in [1.29, 1.82) is 0 Å². The molecule has 5 nitrogen and oxygen atoms in total. The minimum Gasteiger partial charge on any atom is -0.461 e. The molecule has 0 saturated carbocycles. The third-order valence-corrected chi connectivity index (χ3v) is 4.70. The fourth-order valence-electron chi connectivity index (χ4n) is 2.98. The Hall–Kier alpha value is -2.53. The topological polar surface area (TPSA) is 60.3 Å². The van der Waals surface area contributed by atoms with E-state index in [1.54, 1.807) is 49.6 Å². The summed E-state index contributed by atoms with van der Waals surface area (Å²) in [4.78, 5) is 25.3. The number of carbonyl (C=O) groups is 2. The van der Waals surface area contributed by atoms with Gasteiger partial charge >= 0.3 is 5.97 Å². The van der Waals surface area contributed by atoms with Crippen molar-refractivity contribution >= 4 is 29.2 Å². The third-order valence-electron chi connectivity index (χ3n) is 4.29. The van der Waals surface area contributed by atoms with Gasteiger partial charge in [0, 0.05) is 22.9 Å². The van der Waals surface area contributed by atoms with Crippen molar-refractivity contribution in [3.05, 3.63) is 64.0 Å². The van der Waals surface area contributed by atoms with Crippen molar-refractivity contribution in [3.63, 3.8) is 0 Å². The summed E-state index contributed by atoms with van der Waals surface area (Å²) in [7, 11) is 0. The van der Waals surface area contributed by atoms with Gasteiger partial charge in [-0.2, -0.15) is 0 Å². The van der Waals surface area contributed by atoms with Crippen LogP contribution < -0.4 is 5.32 Å². The molecule has 0 aliphatic carbocycles. The van der Waals surface area contributed by atoms with E-state index in [9.17, 15) is 9.59 Å². The second kappa shape index (κ2) is 8.23. The number of nitrogens with one attached hydrogen (secondary N) is 1. The van der Waals surface area contributed by atoms with Gasteiger partial charge in [0.25, 0.3) is 5.91 Å². The molecule has 1 aromatic heterocycles. The number of ether oxygens (including phenoxy) is 1. The van der Waals surface area contributed by atoms with E-state index in [1.165, 1.54) is 0 Å². The molecular formula is C20H23ClN2O3. The van der Waals surface area contributed by atoms with Gasteiger partial charge in [0.05, 0.1) is 12.2 Å². The molecule has 2 rings (SSSR count). The van der Waals surface area contributed by atoms with E-state index in [4.69, 9.17) is 16.3 Å². The average molecular weight is 375 g/mol. The molecule has 1 heterocycles. The van der Waals surface area contributed by atoms with Gasteiger partial charge in [-0.05, 0) is 51.0 Å². The molecule has 0 radical (unpaired) electrons. The maximum absolute atomic E-state index is 12.9. The van der Waals surface area contributed by atoms with Crippen LogP contribution in [0.15, 0.2) is 30.9 Å². The molecule has 1 aromatic carbocycles. The summed E-state index contributed by atoms with van der Waals surface area (Å²) in [5.74, 6) is -0.744. The Morgan fingerprint density at radius 3 is 2.58 bits per heavy atom. The largest absolute Gasteiger partial charge is 0.461 e. The van der Waals surface area contributed by atoms with Crippen molar-refractivity contribution in [2.75, 3.05) is 11.9 Å². The molecule has 0 atom stereocenters. The molecule has 0 saturated heterocycles. The Morgan fingerprint density at radius 1 is 1.27 bits per heavy atom. The average Bonchev–Trinajstić information content (AvgIpc) is 2.83. The first kappa shape index (κ1) is 19.8. The number of benzene rings is 1. The van der Waals surface area contributed by atoms with E-state index in [2.05, 4.69) is 11.9 Å². The Labute approximate surface area is 158 Å². The van der Waals surface area contributed by atoms with Gasteiger partial charge in [-0.15, -0.1) is 6.58 Å². The number of aromatic nitrogens is 1. The molecule has 1 amide bonds. The SMILES string of the molecule is C=CCn1c(C)c(C(=O)Nc2cccc(Cl)c2C)c(C)c1C(=O)OCC. The molecule has 0 bridgehead atoms. The minimum atomic E-state index is -0.451. The minimum absolute atomic E-state index is 0.264. The maximum atomic E-state index is 12.9. The second-order valence-electron chi connectivity index (χ2n) is 5.92. The summed E-state index contributed by atoms with van der Waals surface area (Å²) < 4.78 is 6.90. The fourth-order valence-corrected chi connectivity index (χ4v) is 3.15. The van der Waals surface area contributed by atoms with Crippen LogP contribution in [-0.2, 0) is 11.3 Å². The number of amides is 1. The summed E-state index contributed by atoms with van der Waals surface area (Å²) in [5, 5.41) is 3.46. The van der Waals surface area contributed by atoms with Crippen molar-refractivity contribution in [2.45, 2.75) is 34.2 Å². The molecule has 0 spiro atoms. The highest BCUT2D eigenvalue weighted by Gasteiger charge is 2.27. The van der Waals surface area contributed by atoms with Crippen LogP contribution in [0.4, 0.5) is 5.69 Å². The standard InChI is InChI=1S/C20H23ClN2O3/c1-6-11-23-14(5)17(13(4)18(23)20(25)26-7-2)19(24)22-16-10-8-9-15(21)12(16)3/h6,8-10H,1,7,11H2,2-5H3,(H,22,24). The number of halogens is 1. The predicted octanol–water partition coefficient (Wildman–Crippen LogP) is 4.68. The van der Waals surface area contributed by atoms with Gasteiger partial charge in [0.2, 0.25) is 0 Å². The zero-order valence-corrected chi connectivity index (χ0v) is 16.2. The number of hydrogen-bond acceptors (Lipinski definition) is 3. The molecule has 26 heavy (non-hydrogen) atoms. The molecule has 6 heteroatoms. The lowest BCUT2D eigenvalue weighted by Crippen LogP contribution is -2.15. The Kier molecular flexibility index (Phi) is 6.27. The lowest BCUT2D eigenvalue weighted by molar-refractivity contribution is 0.0513. The van der Waals surface area contributed by atoms with Crippen LogP contribution in [0.2, 0.25) is 5.02 Å². The molecule has 2 aromatic rings. The van der Waals surface area contributed by atoms with Crippen molar-refractivity contribution in [3.8, 4) is 0 Å². The smallest absolute Gasteiger partial charge is 0.355 e. The maximum Gasteiger partial charge on any atom is 0.355 e. The number of carbonyl (C=O) groups excluding carboxylic acids is 2. The number of esters is 1. The van der Waals surface area contributed by atoms with Crippen LogP contribution in [0.5, 0.6) is 0 Å². The van der Waals surface area contributed by atoms with Gasteiger partial charge in [0.1, 0.15) is 5.69 Å². The highest BCUT2D eigenvalue weighted by Crippen LogP contribution is 2.27. The number of allylic oxidation sites excluding steroid dienone is 1. The van der Waals surface area contributed by atoms with Crippen LogP contribution in [0.1, 0.15) is 44.6 Å². The molecule has 138 valence electrons. The number of rotatable bonds is 6. The van der Waals surface area contributed by atoms with E-state index in [-0.39, 0.29) is 12.5 Å². The first-order chi connectivity index (χ1) is 12.3. The first-order valence-electron chi connectivity index (χ1n) is 8.37. The van der Waals surface area contributed by atoms with Crippen LogP contribution in [0.3, 0.4) is 0 Å². The lowest BCUT2D eigenvalue weighted by atomic mass is 10.1. The monoisotopic (exact) mass is 374 g/mol. The van der Waals surface area contributed by atoms with Crippen molar-refractivity contribution in [2.24, 2.45) is 0 Å². The van der Waals surface area contributed by atoms with Gasteiger partial charge < -0.3 is 14.6 Å².